The highest BCUT2D eigenvalue weighted by molar-refractivity contribution is 8.05. The SMILES string of the molecule is C=CCc1ccc(OP2(Cl)=NP(Cl)(Oc3ccc(CC=C)cc3OC)=NP(Cl)(Oc3ccc(CC=C)cc3OC)=N2)c(OC)c1. The van der Waals surface area contributed by atoms with Crippen LogP contribution in [0.4, 0.5) is 0 Å². The number of halogens is 3. The largest absolute Gasteiger partial charge is 0.493 e. The van der Waals surface area contributed by atoms with Crippen LogP contribution >= 0.6 is 54.1 Å². The predicted molar refractivity (Wildman–Crippen MR) is 188 cm³/mol. The van der Waals surface area contributed by atoms with Gasteiger partial charge in [0.25, 0.3) is 0 Å². The van der Waals surface area contributed by atoms with Crippen LogP contribution in [0.3, 0.4) is 0 Å². The minimum atomic E-state index is -3.76. The Labute approximate surface area is 278 Å². The van der Waals surface area contributed by atoms with Crippen LogP contribution in [-0.4, -0.2) is 21.3 Å². The van der Waals surface area contributed by atoms with E-state index in [1.165, 1.54) is 21.3 Å². The highest BCUT2D eigenvalue weighted by Gasteiger charge is 2.41. The van der Waals surface area contributed by atoms with Crippen molar-refractivity contribution in [3.63, 3.8) is 0 Å². The maximum absolute atomic E-state index is 7.09. The first-order valence-corrected chi connectivity index (χ1v) is 21.0. The summed E-state index contributed by atoms with van der Waals surface area (Å²) in [4.78, 5) is 0. The summed E-state index contributed by atoms with van der Waals surface area (Å²) in [6, 6.07) is 16.1. The molecule has 240 valence electrons. The second kappa shape index (κ2) is 15.2. The number of rotatable bonds is 15. The number of hydrogen-bond acceptors (Lipinski definition) is 9. The molecule has 15 heteroatoms. The van der Waals surface area contributed by atoms with Gasteiger partial charge in [-0.1, -0.05) is 36.4 Å². The van der Waals surface area contributed by atoms with Crippen LogP contribution in [0.1, 0.15) is 16.7 Å². The van der Waals surface area contributed by atoms with Crippen molar-refractivity contribution in [2.75, 3.05) is 21.3 Å². The zero-order valence-electron chi connectivity index (χ0n) is 24.9. The van der Waals surface area contributed by atoms with Crippen LogP contribution in [0, 0.1) is 0 Å². The molecule has 4 rings (SSSR count). The van der Waals surface area contributed by atoms with E-state index in [4.69, 9.17) is 61.5 Å². The Bertz CT molecular complexity index is 1560. The summed E-state index contributed by atoms with van der Waals surface area (Å²) < 4.78 is 49.2. The zero-order chi connectivity index (χ0) is 32.7. The molecule has 0 amide bonds. The summed E-state index contributed by atoms with van der Waals surface area (Å²) in [5, 5.41) is 0. The van der Waals surface area contributed by atoms with Crippen LogP contribution in [-0.2, 0) is 19.3 Å². The third-order valence-electron chi connectivity index (χ3n) is 6.13. The summed E-state index contributed by atoms with van der Waals surface area (Å²) in [5.41, 5.74) is 2.85. The van der Waals surface area contributed by atoms with Crippen molar-refractivity contribution in [2.24, 2.45) is 13.5 Å². The molecule has 0 fully saturated rings. The number of nitrogens with zero attached hydrogens (tertiary/aromatic N) is 3. The maximum Gasteiger partial charge on any atom is 0.354 e. The van der Waals surface area contributed by atoms with E-state index < -0.39 is 20.4 Å². The normalized spacial score (nSPS) is 22.0. The van der Waals surface area contributed by atoms with E-state index in [0.29, 0.717) is 36.5 Å². The molecule has 0 bridgehead atoms. The molecule has 0 spiro atoms. The number of ether oxygens (including phenoxy) is 3. The van der Waals surface area contributed by atoms with Crippen molar-refractivity contribution in [1.82, 2.24) is 0 Å². The highest BCUT2D eigenvalue weighted by Crippen LogP contribution is 2.83. The molecule has 45 heavy (non-hydrogen) atoms. The fraction of sp³-hybridized carbons (Fsp3) is 0.200. The van der Waals surface area contributed by atoms with Crippen molar-refractivity contribution < 1.29 is 27.8 Å². The number of methoxy groups -OCH3 is 3. The fourth-order valence-corrected chi connectivity index (χ4v) is 17.5. The third-order valence-corrected chi connectivity index (χ3v) is 17.0. The van der Waals surface area contributed by atoms with Gasteiger partial charge in [-0.05, 0) is 106 Å². The molecule has 9 nitrogen and oxygen atoms in total. The van der Waals surface area contributed by atoms with Crippen molar-refractivity contribution in [2.45, 2.75) is 19.3 Å². The van der Waals surface area contributed by atoms with Gasteiger partial charge in [-0.15, -0.1) is 33.3 Å². The van der Waals surface area contributed by atoms with Gasteiger partial charge < -0.3 is 27.8 Å². The van der Waals surface area contributed by atoms with E-state index in [1.807, 2.05) is 18.2 Å². The Hall–Kier alpha value is -2.76. The van der Waals surface area contributed by atoms with Crippen LogP contribution < -0.4 is 27.8 Å². The lowest BCUT2D eigenvalue weighted by molar-refractivity contribution is 0.395. The lowest BCUT2D eigenvalue weighted by Gasteiger charge is -2.28. The van der Waals surface area contributed by atoms with Crippen LogP contribution in [0.15, 0.2) is 106 Å². The van der Waals surface area contributed by atoms with Gasteiger partial charge in [0.2, 0.25) is 0 Å². The van der Waals surface area contributed by atoms with Gasteiger partial charge in [0.05, 0.1) is 21.3 Å². The van der Waals surface area contributed by atoms with Crippen LogP contribution in [0.5, 0.6) is 34.5 Å². The minimum absolute atomic E-state index is 0.271. The molecule has 1 heterocycles. The average molecular weight is 731 g/mol. The first-order valence-electron chi connectivity index (χ1n) is 13.4. The number of allylic oxidation sites excluding steroid dienone is 3. The molecule has 0 N–H and O–H groups in total. The first-order chi connectivity index (χ1) is 21.5. The van der Waals surface area contributed by atoms with E-state index in [1.54, 1.807) is 54.6 Å². The maximum atomic E-state index is 7.09. The monoisotopic (exact) mass is 729 g/mol. The lowest BCUT2D eigenvalue weighted by Crippen LogP contribution is -1.99. The second-order valence-electron chi connectivity index (χ2n) is 9.40. The van der Waals surface area contributed by atoms with Gasteiger partial charge in [-0.2, -0.15) is 0 Å². The van der Waals surface area contributed by atoms with Crippen molar-refractivity contribution >= 4 is 54.1 Å². The zero-order valence-corrected chi connectivity index (χ0v) is 29.9. The molecule has 0 saturated carbocycles. The van der Waals surface area contributed by atoms with Gasteiger partial charge in [-0.25, -0.2) is 0 Å². The third kappa shape index (κ3) is 8.95. The smallest absolute Gasteiger partial charge is 0.354 e. The van der Waals surface area contributed by atoms with E-state index in [2.05, 4.69) is 33.3 Å². The quantitative estimate of drug-likeness (QED) is 0.114. The first kappa shape index (κ1) is 35.1. The number of benzene rings is 3. The van der Waals surface area contributed by atoms with Gasteiger partial charge >= 0.3 is 20.4 Å². The minimum Gasteiger partial charge on any atom is -0.493 e. The van der Waals surface area contributed by atoms with E-state index in [9.17, 15) is 0 Å². The molecule has 3 aromatic carbocycles. The summed E-state index contributed by atoms with van der Waals surface area (Å²) in [6.45, 7) is 0.0953. The van der Waals surface area contributed by atoms with Crippen LogP contribution in [0.2, 0.25) is 0 Å². The molecule has 0 radical (unpaired) electrons. The summed E-state index contributed by atoms with van der Waals surface area (Å²) in [7, 11) is 4.54. The Kier molecular flexibility index (Phi) is 11.9. The molecule has 1 aliphatic rings. The molecule has 0 aromatic heterocycles. The molecule has 0 unspecified atom stereocenters. The van der Waals surface area contributed by atoms with Gasteiger partial charge in [-0.3, -0.25) is 0 Å². The summed E-state index contributed by atoms with van der Waals surface area (Å²) in [6.07, 6.45) is 7.22. The Morgan fingerprint density at radius 3 is 1.00 bits per heavy atom. The Morgan fingerprint density at radius 1 is 0.511 bits per heavy atom. The topological polar surface area (TPSA) is 92.5 Å². The average Bonchev–Trinajstić information content (AvgIpc) is 2.98. The van der Waals surface area contributed by atoms with Crippen molar-refractivity contribution in [3.05, 3.63) is 109 Å². The molecule has 1 aliphatic heterocycles. The molecule has 3 aromatic rings. The molecule has 0 aliphatic carbocycles. The summed E-state index contributed by atoms with van der Waals surface area (Å²) >= 11 is 21.3. The molecule has 0 atom stereocenters. The number of hydrogen-bond donors (Lipinski definition) is 0. The standard InChI is InChI=1S/C30H33Cl3N3O6P3/c1-7-10-22-13-16-25(28(19-22)37-4)40-43(31)34-44(32,41-26-17-14-23(11-8-2)20-29(26)38-5)36-45(33,35-43)42-27-18-15-24(12-9-3)21-30(27)39-6/h7-9,13-21H,1-3,10-12H2,4-6H3. The molecule has 0 saturated heterocycles. The predicted octanol–water partition coefficient (Wildman–Crippen LogP) is 12.0. The Balaban J connectivity index is 1.86. The fourth-order valence-electron chi connectivity index (χ4n) is 4.19. The molecular formula is C30H33Cl3N3O6P3. The van der Waals surface area contributed by atoms with Crippen molar-refractivity contribution in [1.29, 1.82) is 0 Å². The van der Waals surface area contributed by atoms with E-state index >= 15 is 0 Å². The lowest BCUT2D eigenvalue weighted by atomic mass is 10.1. The van der Waals surface area contributed by atoms with Crippen LogP contribution in [0.25, 0.3) is 0 Å². The van der Waals surface area contributed by atoms with Gasteiger partial charge in [0.15, 0.2) is 34.5 Å². The van der Waals surface area contributed by atoms with Gasteiger partial charge in [0.1, 0.15) is 0 Å². The second-order valence-corrected chi connectivity index (χ2v) is 18.9. The molecular weight excluding hydrogens is 698 g/mol. The summed E-state index contributed by atoms with van der Waals surface area (Å²) in [5.74, 6) is 2.02. The van der Waals surface area contributed by atoms with E-state index in [-0.39, 0.29) is 17.2 Å². The van der Waals surface area contributed by atoms with Crippen molar-refractivity contribution in [3.8, 4) is 34.5 Å². The Morgan fingerprint density at radius 2 is 0.778 bits per heavy atom. The van der Waals surface area contributed by atoms with E-state index in [0.717, 1.165) is 16.7 Å². The highest BCUT2D eigenvalue weighted by atomic mass is 35.7. The van der Waals surface area contributed by atoms with Gasteiger partial charge in [0, 0.05) is 0 Å².